The Morgan fingerprint density at radius 2 is 1.71 bits per heavy atom. The number of non-ortho nitro benzene ring substituents is 1. The molecule has 7 nitrogen and oxygen atoms in total. The van der Waals surface area contributed by atoms with Crippen LogP contribution in [0.2, 0.25) is 0 Å². The Hall–Kier alpha value is -3.55. The maximum Gasteiger partial charge on any atom is 0.272 e. The van der Waals surface area contributed by atoms with E-state index in [4.69, 9.17) is 0 Å². The van der Waals surface area contributed by atoms with E-state index in [1.807, 2.05) is 0 Å². The fourth-order valence-electron chi connectivity index (χ4n) is 1.75. The van der Waals surface area contributed by atoms with Crippen LogP contribution in [0.25, 0.3) is 6.08 Å². The van der Waals surface area contributed by atoms with E-state index >= 15 is 0 Å². The Morgan fingerprint density at radius 1 is 1.04 bits per heavy atom. The molecule has 0 unspecified atom stereocenters. The molecule has 0 aliphatic heterocycles. The van der Waals surface area contributed by atoms with Gasteiger partial charge < -0.3 is 0 Å². The number of nitrogens with one attached hydrogen (secondary N) is 2. The molecule has 24 heavy (non-hydrogen) atoms. The second kappa shape index (κ2) is 7.63. The molecular weight excluding hydrogens is 317 g/mol. The maximum atomic E-state index is 13.4. The monoisotopic (exact) mass is 329 g/mol. The first kappa shape index (κ1) is 16.8. The predicted molar refractivity (Wildman–Crippen MR) is 84.1 cm³/mol. The van der Waals surface area contributed by atoms with Crippen molar-refractivity contribution in [3.05, 3.63) is 81.7 Å². The number of hydrogen-bond acceptors (Lipinski definition) is 4. The lowest BCUT2D eigenvalue weighted by Gasteiger charge is -2.05. The van der Waals surface area contributed by atoms with Gasteiger partial charge in [-0.15, -0.1) is 0 Å². The van der Waals surface area contributed by atoms with Gasteiger partial charge in [-0.2, -0.15) is 0 Å². The summed E-state index contributed by atoms with van der Waals surface area (Å²) >= 11 is 0. The molecule has 0 heterocycles. The van der Waals surface area contributed by atoms with Crippen LogP contribution in [-0.4, -0.2) is 16.7 Å². The van der Waals surface area contributed by atoms with E-state index in [0.717, 1.165) is 12.1 Å². The van der Waals surface area contributed by atoms with Crippen molar-refractivity contribution in [2.24, 2.45) is 0 Å². The van der Waals surface area contributed by atoms with E-state index in [9.17, 15) is 24.1 Å². The highest BCUT2D eigenvalue weighted by molar-refractivity contribution is 5.98. The number of hydrogen-bond donors (Lipinski definition) is 2. The van der Waals surface area contributed by atoms with Gasteiger partial charge in [0.2, 0.25) is 0 Å². The minimum atomic E-state index is -0.787. The summed E-state index contributed by atoms with van der Waals surface area (Å²) in [5, 5.41) is 10.5. The number of nitro groups is 1. The van der Waals surface area contributed by atoms with Crippen LogP contribution in [0, 0.1) is 15.9 Å². The van der Waals surface area contributed by atoms with Gasteiger partial charge in [0.25, 0.3) is 17.5 Å². The number of nitrogens with zero attached hydrogens (tertiary/aromatic N) is 1. The smallest absolute Gasteiger partial charge is 0.268 e. The van der Waals surface area contributed by atoms with Crippen LogP contribution >= 0.6 is 0 Å². The number of nitro benzene ring substituents is 1. The number of halogens is 1. The molecule has 122 valence electrons. The van der Waals surface area contributed by atoms with E-state index in [1.54, 1.807) is 0 Å². The van der Waals surface area contributed by atoms with Crippen molar-refractivity contribution in [1.29, 1.82) is 0 Å². The van der Waals surface area contributed by atoms with Crippen LogP contribution in [0.15, 0.2) is 54.6 Å². The number of carbonyl (C=O) groups excluding carboxylic acids is 2. The zero-order valence-electron chi connectivity index (χ0n) is 12.2. The Labute approximate surface area is 135 Å². The van der Waals surface area contributed by atoms with Crippen LogP contribution in [0.1, 0.15) is 15.9 Å². The van der Waals surface area contributed by atoms with Crippen molar-refractivity contribution < 1.29 is 18.9 Å². The minimum absolute atomic E-state index is 0.0613. The molecule has 0 bridgehead atoms. The van der Waals surface area contributed by atoms with Gasteiger partial charge in [-0.3, -0.25) is 30.6 Å². The van der Waals surface area contributed by atoms with Crippen molar-refractivity contribution in [1.82, 2.24) is 10.9 Å². The Kier molecular flexibility index (Phi) is 5.35. The summed E-state index contributed by atoms with van der Waals surface area (Å²) in [6.07, 6.45) is 2.54. The van der Waals surface area contributed by atoms with E-state index < -0.39 is 22.6 Å². The molecule has 0 atom stereocenters. The zero-order chi connectivity index (χ0) is 17.5. The zero-order valence-corrected chi connectivity index (χ0v) is 12.2. The second-order valence-corrected chi connectivity index (χ2v) is 4.61. The first-order valence-corrected chi connectivity index (χ1v) is 6.75. The molecule has 8 heteroatoms. The standard InChI is InChI=1S/C16H12FN3O4/c17-14-4-2-1-3-13(14)16(22)19-18-15(21)10-7-11-5-8-12(9-6-11)20(23)24/h1-10H,(H,18,21)(H,19,22)/b10-7+. The highest BCUT2D eigenvalue weighted by atomic mass is 19.1. The Balaban J connectivity index is 1.90. The number of amides is 2. The molecule has 2 aromatic rings. The molecule has 2 rings (SSSR count). The summed E-state index contributed by atoms with van der Waals surface area (Å²) in [5.74, 6) is -2.13. The Morgan fingerprint density at radius 3 is 2.33 bits per heavy atom. The molecule has 0 aromatic heterocycles. The lowest BCUT2D eigenvalue weighted by molar-refractivity contribution is -0.384. The third-order valence-corrected chi connectivity index (χ3v) is 2.95. The third kappa shape index (κ3) is 4.47. The second-order valence-electron chi connectivity index (χ2n) is 4.61. The maximum absolute atomic E-state index is 13.4. The van der Waals surface area contributed by atoms with Gasteiger partial charge in [0, 0.05) is 18.2 Å². The molecule has 2 aromatic carbocycles. The number of carbonyl (C=O) groups is 2. The summed E-state index contributed by atoms with van der Waals surface area (Å²) in [7, 11) is 0. The molecule has 0 saturated carbocycles. The van der Waals surface area contributed by atoms with Gasteiger partial charge in [0.1, 0.15) is 5.82 Å². The van der Waals surface area contributed by atoms with Gasteiger partial charge in [-0.25, -0.2) is 4.39 Å². The van der Waals surface area contributed by atoms with Gasteiger partial charge >= 0.3 is 0 Å². The van der Waals surface area contributed by atoms with Crippen molar-refractivity contribution in [2.45, 2.75) is 0 Å². The van der Waals surface area contributed by atoms with Gasteiger partial charge in [0.05, 0.1) is 10.5 Å². The summed E-state index contributed by atoms with van der Waals surface area (Å²) in [6, 6.07) is 10.9. The van der Waals surface area contributed by atoms with Crippen molar-refractivity contribution in [3.8, 4) is 0 Å². The molecule has 0 saturated heterocycles. The highest BCUT2D eigenvalue weighted by Crippen LogP contribution is 2.12. The molecular formula is C16H12FN3O4. The molecule has 0 aliphatic rings. The van der Waals surface area contributed by atoms with Gasteiger partial charge in [-0.05, 0) is 35.9 Å². The Bertz CT molecular complexity index is 803. The summed E-state index contributed by atoms with van der Waals surface area (Å²) in [4.78, 5) is 33.3. The molecule has 2 amide bonds. The largest absolute Gasteiger partial charge is 0.272 e. The fraction of sp³-hybridized carbons (Fsp3) is 0. The van der Waals surface area contributed by atoms with Gasteiger partial charge in [0.15, 0.2) is 0 Å². The van der Waals surface area contributed by atoms with E-state index in [0.29, 0.717) is 5.56 Å². The first-order valence-electron chi connectivity index (χ1n) is 6.75. The van der Waals surface area contributed by atoms with Crippen LogP contribution in [-0.2, 0) is 4.79 Å². The van der Waals surface area contributed by atoms with Crippen molar-refractivity contribution in [3.63, 3.8) is 0 Å². The van der Waals surface area contributed by atoms with Crippen LogP contribution < -0.4 is 10.9 Å². The molecule has 0 spiro atoms. The molecule has 2 N–H and O–H groups in total. The van der Waals surface area contributed by atoms with E-state index in [1.165, 1.54) is 48.5 Å². The van der Waals surface area contributed by atoms with Crippen LogP contribution in [0.3, 0.4) is 0 Å². The number of hydrazine groups is 1. The lowest BCUT2D eigenvalue weighted by atomic mass is 10.2. The summed E-state index contributed by atoms with van der Waals surface area (Å²) in [6.45, 7) is 0. The van der Waals surface area contributed by atoms with E-state index in [-0.39, 0.29) is 11.3 Å². The molecule has 0 aliphatic carbocycles. The summed E-state index contributed by atoms with van der Waals surface area (Å²) in [5.41, 5.74) is 4.50. The van der Waals surface area contributed by atoms with Crippen LogP contribution in [0.4, 0.5) is 10.1 Å². The first-order chi connectivity index (χ1) is 11.5. The SMILES string of the molecule is O=C(/C=C/c1ccc([N+](=O)[O-])cc1)NNC(=O)c1ccccc1F. The predicted octanol–water partition coefficient (Wildman–Crippen LogP) is 2.21. The normalized spacial score (nSPS) is 10.4. The topological polar surface area (TPSA) is 101 Å². The third-order valence-electron chi connectivity index (χ3n) is 2.95. The fourth-order valence-corrected chi connectivity index (χ4v) is 1.75. The number of benzene rings is 2. The average Bonchev–Trinajstić information content (AvgIpc) is 2.58. The average molecular weight is 329 g/mol. The number of rotatable bonds is 4. The molecule has 0 radical (unpaired) electrons. The van der Waals surface area contributed by atoms with Crippen LogP contribution in [0.5, 0.6) is 0 Å². The lowest BCUT2D eigenvalue weighted by Crippen LogP contribution is -2.41. The van der Waals surface area contributed by atoms with E-state index in [2.05, 4.69) is 10.9 Å². The molecule has 0 fully saturated rings. The quantitative estimate of drug-likeness (QED) is 0.510. The van der Waals surface area contributed by atoms with Gasteiger partial charge in [-0.1, -0.05) is 12.1 Å². The minimum Gasteiger partial charge on any atom is -0.268 e. The van der Waals surface area contributed by atoms with Crippen molar-refractivity contribution >= 4 is 23.6 Å². The van der Waals surface area contributed by atoms with Crippen molar-refractivity contribution in [2.75, 3.05) is 0 Å². The summed E-state index contributed by atoms with van der Waals surface area (Å²) < 4.78 is 13.4. The highest BCUT2D eigenvalue weighted by Gasteiger charge is 2.10.